The Kier molecular flexibility index (Phi) is 4.81. The van der Waals surface area contributed by atoms with Crippen LogP contribution in [0.1, 0.15) is 50.5 Å². The number of hydrogen-bond donors (Lipinski definition) is 0. The van der Waals surface area contributed by atoms with E-state index in [-0.39, 0.29) is 5.78 Å². The highest BCUT2D eigenvalue weighted by molar-refractivity contribution is 7.99. The van der Waals surface area contributed by atoms with E-state index in [1.807, 2.05) is 50.7 Å². The molecule has 1 amide bonds. The van der Waals surface area contributed by atoms with Crippen LogP contribution in [0.4, 0.5) is 4.79 Å². The summed E-state index contributed by atoms with van der Waals surface area (Å²) in [5.41, 5.74) is 0.306. The first-order chi connectivity index (χ1) is 10.5. The summed E-state index contributed by atoms with van der Waals surface area (Å²) in [6.45, 7) is 8.94. The Labute approximate surface area is 142 Å². The number of fused-ring (bicyclic) bond motifs is 1. The standard InChI is InChI=1S/C18H25NO3S/c1-17(2,3)22-16(21)19(6)18(4,5)15(20)13-7-8-14-12(11-13)9-10-23-14/h7-8,11H,9-10H2,1-6H3. The molecule has 2 rings (SSSR count). The lowest BCUT2D eigenvalue weighted by atomic mass is 9.91. The summed E-state index contributed by atoms with van der Waals surface area (Å²) in [5.74, 6) is 0.985. The molecule has 1 aliphatic rings. The summed E-state index contributed by atoms with van der Waals surface area (Å²) in [6, 6.07) is 5.82. The van der Waals surface area contributed by atoms with Gasteiger partial charge in [0.2, 0.25) is 0 Å². The number of ketones is 1. The highest BCUT2D eigenvalue weighted by atomic mass is 32.2. The van der Waals surface area contributed by atoms with E-state index in [4.69, 9.17) is 4.74 Å². The van der Waals surface area contributed by atoms with Crippen LogP contribution in [0.5, 0.6) is 0 Å². The smallest absolute Gasteiger partial charge is 0.410 e. The van der Waals surface area contributed by atoms with Crippen LogP contribution in [0.2, 0.25) is 0 Å². The second kappa shape index (κ2) is 6.19. The average Bonchev–Trinajstić information content (AvgIpc) is 2.90. The molecule has 1 aliphatic heterocycles. The van der Waals surface area contributed by atoms with Crippen molar-refractivity contribution in [1.29, 1.82) is 0 Å². The zero-order valence-electron chi connectivity index (χ0n) is 14.7. The van der Waals surface area contributed by atoms with E-state index in [1.165, 1.54) is 15.4 Å². The van der Waals surface area contributed by atoms with Gasteiger partial charge in [0.25, 0.3) is 0 Å². The summed E-state index contributed by atoms with van der Waals surface area (Å²) < 4.78 is 5.38. The molecule has 0 bridgehead atoms. The van der Waals surface area contributed by atoms with E-state index in [9.17, 15) is 9.59 Å². The monoisotopic (exact) mass is 335 g/mol. The van der Waals surface area contributed by atoms with Crippen LogP contribution in [-0.4, -0.2) is 40.7 Å². The van der Waals surface area contributed by atoms with Crippen LogP contribution in [0.25, 0.3) is 0 Å². The largest absolute Gasteiger partial charge is 0.444 e. The molecule has 23 heavy (non-hydrogen) atoms. The van der Waals surface area contributed by atoms with Crippen LogP contribution in [0.3, 0.4) is 0 Å². The molecule has 0 saturated heterocycles. The number of hydrogen-bond acceptors (Lipinski definition) is 4. The zero-order valence-corrected chi connectivity index (χ0v) is 15.5. The molecule has 1 aromatic carbocycles. The Morgan fingerprint density at radius 1 is 1.17 bits per heavy atom. The minimum atomic E-state index is -0.970. The average molecular weight is 335 g/mol. The number of carbonyl (C=O) groups is 2. The molecule has 0 saturated carbocycles. The topological polar surface area (TPSA) is 46.6 Å². The predicted molar refractivity (Wildman–Crippen MR) is 93.3 cm³/mol. The molecule has 1 heterocycles. The van der Waals surface area contributed by atoms with Crippen molar-refractivity contribution in [3.63, 3.8) is 0 Å². The Morgan fingerprint density at radius 2 is 1.83 bits per heavy atom. The number of likely N-dealkylation sites (N-methyl/N-ethyl adjacent to an activating group) is 1. The van der Waals surface area contributed by atoms with Gasteiger partial charge in [-0.3, -0.25) is 9.69 Å². The van der Waals surface area contributed by atoms with Crippen molar-refractivity contribution in [3.05, 3.63) is 29.3 Å². The third-order valence-electron chi connectivity index (χ3n) is 4.01. The fourth-order valence-electron chi connectivity index (χ4n) is 2.39. The first-order valence-corrected chi connectivity index (χ1v) is 8.78. The van der Waals surface area contributed by atoms with E-state index in [2.05, 4.69) is 0 Å². The lowest BCUT2D eigenvalue weighted by molar-refractivity contribution is 0.0118. The minimum absolute atomic E-state index is 0.0782. The molecule has 0 aromatic heterocycles. The van der Waals surface area contributed by atoms with Crippen molar-refractivity contribution in [1.82, 2.24) is 4.90 Å². The molecule has 0 aliphatic carbocycles. The van der Waals surface area contributed by atoms with Gasteiger partial charge >= 0.3 is 6.09 Å². The van der Waals surface area contributed by atoms with Crippen molar-refractivity contribution < 1.29 is 14.3 Å². The van der Waals surface area contributed by atoms with Gasteiger partial charge in [0.1, 0.15) is 11.1 Å². The Balaban J connectivity index is 2.21. The van der Waals surface area contributed by atoms with Gasteiger partial charge in [-0.05, 0) is 58.7 Å². The van der Waals surface area contributed by atoms with E-state index >= 15 is 0 Å². The third kappa shape index (κ3) is 3.89. The van der Waals surface area contributed by atoms with Gasteiger partial charge in [-0.1, -0.05) is 6.07 Å². The molecule has 0 atom stereocenters. The summed E-state index contributed by atoms with van der Waals surface area (Å²) in [4.78, 5) is 27.8. The Bertz CT molecular complexity index is 632. The van der Waals surface area contributed by atoms with Crippen LogP contribution in [0.15, 0.2) is 23.1 Å². The molecule has 0 N–H and O–H groups in total. The van der Waals surface area contributed by atoms with E-state index < -0.39 is 17.2 Å². The van der Waals surface area contributed by atoms with Crippen molar-refractivity contribution >= 4 is 23.6 Å². The van der Waals surface area contributed by atoms with Crippen molar-refractivity contribution in [3.8, 4) is 0 Å². The summed E-state index contributed by atoms with van der Waals surface area (Å²) in [5, 5.41) is 0. The van der Waals surface area contributed by atoms with Crippen molar-refractivity contribution in [2.24, 2.45) is 0 Å². The number of thioether (sulfide) groups is 1. The Hall–Kier alpha value is -1.49. The molecule has 126 valence electrons. The first-order valence-electron chi connectivity index (χ1n) is 7.80. The number of rotatable bonds is 3. The number of benzene rings is 1. The van der Waals surface area contributed by atoms with Crippen molar-refractivity contribution in [2.75, 3.05) is 12.8 Å². The molecular formula is C18H25NO3S. The van der Waals surface area contributed by atoms with E-state index in [0.717, 1.165) is 12.2 Å². The van der Waals surface area contributed by atoms with Crippen LogP contribution in [0, 0.1) is 0 Å². The highest BCUT2D eigenvalue weighted by Crippen LogP contribution is 2.33. The zero-order chi connectivity index (χ0) is 17.4. The quantitative estimate of drug-likeness (QED) is 0.778. The maximum Gasteiger partial charge on any atom is 0.410 e. The SMILES string of the molecule is CN(C(=O)OC(C)(C)C)C(C)(C)C(=O)c1ccc2c(c1)CCS2. The maximum absolute atomic E-state index is 12.9. The molecule has 0 fully saturated rings. The van der Waals surface area contributed by atoms with Gasteiger partial charge in [-0.2, -0.15) is 0 Å². The number of Topliss-reactive ketones (excluding diaryl/α,β-unsaturated/α-hetero) is 1. The number of ether oxygens (including phenoxy) is 1. The lowest BCUT2D eigenvalue weighted by Gasteiger charge is -2.35. The van der Waals surface area contributed by atoms with Crippen LogP contribution >= 0.6 is 11.8 Å². The molecule has 1 aromatic rings. The van der Waals surface area contributed by atoms with E-state index in [0.29, 0.717) is 5.56 Å². The number of amides is 1. The molecular weight excluding hydrogens is 310 g/mol. The summed E-state index contributed by atoms with van der Waals surface area (Å²) >= 11 is 1.82. The Morgan fingerprint density at radius 3 is 2.43 bits per heavy atom. The summed E-state index contributed by atoms with van der Waals surface area (Å²) in [7, 11) is 1.61. The first kappa shape index (κ1) is 17.9. The fraction of sp³-hybridized carbons (Fsp3) is 0.556. The molecule has 4 nitrogen and oxygen atoms in total. The number of nitrogens with zero attached hydrogens (tertiary/aromatic N) is 1. The highest BCUT2D eigenvalue weighted by Gasteiger charge is 2.38. The normalized spacial score (nSPS) is 14.3. The predicted octanol–water partition coefficient (Wildman–Crippen LogP) is 4.16. The van der Waals surface area contributed by atoms with Gasteiger partial charge in [0.05, 0.1) is 0 Å². The second-order valence-electron chi connectivity index (χ2n) is 7.35. The lowest BCUT2D eigenvalue weighted by Crippen LogP contribution is -2.52. The molecule has 0 radical (unpaired) electrons. The van der Waals surface area contributed by atoms with Crippen LogP contribution < -0.4 is 0 Å². The van der Waals surface area contributed by atoms with Gasteiger partial charge in [0, 0.05) is 23.3 Å². The van der Waals surface area contributed by atoms with Gasteiger partial charge in [-0.25, -0.2) is 4.79 Å². The molecule has 0 unspecified atom stereocenters. The number of carbonyl (C=O) groups excluding carboxylic acids is 2. The molecule has 0 spiro atoms. The fourth-order valence-corrected chi connectivity index (χ4v) is 3.44. The summed E-state index contributed by atoms with van der Waals surface area (Å²) in [6.07, 6.45) is 0.497. The minimum Gasteiger partial charge on any atom is -0.444 e. The maximum atomic E-state index is 12.9. The van der Waals surface area contributed by atoms with E-state index in [1.54, 1.807) is 20.9 Å². The number of aryl methyl sites for hydroxylation is 1. The third-order valence-corrected chi connectivity index (χ3v) is 5.13. The molecule has 5 heteroatoms. The van der Waals surface area contributed by atoms with Gasteiger partial charge in [-0.15, -0.1) is 11.8 Å². The van der Waals surface area contributed by atoms with Crippen molar-refractivity contribution in [2.45, 2.75) is 57.1 Å². The van der Waals surface area contributed by atoms with Crippen LogP contribution in [-0.2, 0) is 11.2 Å². The van der Waals surface area contributed by atoms with Gasteiger partial charge in [0.15, 0.2) is 5.78 Å². The second-order valence-corrected chi connectivity index (χ2v) is 8.49. The van der Waals surface area contributed by atoms with Gasteiger partial charge < -0.3 is 4.74 Å².